The molecule has 1 atom stereocenters. The fourth-order valence-corrected chi connectivity index (χ4v) is 1.59. The van der Waals surface area contributed by atoms with Crippen molar-refractivity contribution in [2.24, 2.45) is 0 Å². The van der Waals surface area contributed by atoms with Crippen LogP contribution in [0, 0.1) is 0 Å². The summed E-state index contributed by atoms with van der Waals surface area (Å²) in [6, 6.07) is 14.3. The molecule has 18 heavy (non-hydrogen) atoms. The summed E-state index contributed by atoms with van der Waals surface area (Å²) in [5.74, 6) is -1.00. The van der Waals surface area contributed by atoms with Gasteiger partial charge in [-0.05, 0) is 17.7 Å². The van der Waals surface area contributed by atoms with Gasteiger partial charge in [0.05, 0.1) is 12.3 Å². The number of aromatic nitrogens is 1. The van der Waals surface area contributed by atoms with Crippen LogP contribution >= 0.6 is 0 Å². The second-order valence-electron chi connectivity index (χ2n) is 3.76. The van der Waals surface area contributed by atoms with Crippen LogP contribution in [0.5, 0.6) is 0 Å². The Morgan fingerprint density at radius 1 is 1.17 bits per heavy atom. The molecule has 92 valence electrons. The van der Waals surface area contributed by atoms with Gasteiger partial charge < -0.3 is 9.84 Å². The van der Waals surface area contributed by atoms with Crippen molar-refractivity contribution >= 4 is 5.97 Å². The molecule has 0 fully saturated rings. The van der Waals surface area contributed by atoms with Gasteiger partial charge in [0.1, 0.15) is 0 Å². The van der Waals surface area contributed by atoms with Crippen molar-refractivity contribution in [3.63, 3.8) is 0 Å². The molecule has 1 aromatic carbocycles. The minimum atomic E-state index is -1.00. The van der Waals surface area contributed by atoms with Gasteiger partial charge in [0, 0.05) is 6.20 Å². The third-order valence-corrected chi connectivity index (χ3v) is 2.45. The van der Waals surface area contributed by atoms with E-state index in [1.807, 2.05) is 12.1 Å². The molecule has 0 radical (unpaired) electrons. The van der Waals surface area contributed by atoms with Crippen molar-refractivity contribution in [2.45, 2.75) is 12.7 Å². The number of rotatable bonds is 5. The summed E-state index contributed by atoms with van der Waals surface area (Å²) in [6.07, 6.45) is 0.685. The largest absolute Gasteiger partial charge is 0.479 e. The van der Waals surface area contributed by atoms with Crippen LogP contribution < -0.4 is 0 Å². The van der Waals surface area contributed by atoms with Gasteiger partial charge in [-0.15, -0.1) is 0 Å². The number of carboxylic acids is 1. The van der Waals surface area contributed by atoms with Crippen molar-refractivity contribution < 1.29 is 14.6 Å². The number of ether oxygens (including phenoxy) is 1. The summed E-state index contributed by atoms with van der Waals surface area (Å²) in [7, 11) is 0. The highest BCUT2D eigenvalue weighted by Gasteiger charge is 2.20. The van der Waals surface area contributed by atoms with Crippen molar-refractivity contribution in [2.75, 3.05) is 0 Å². The van der Waals surface area contributed by atoms with E-state index in [0.717, 1.165) is 0 Å². The predicted molar refractivity (Wildman–Crippen MR) is 65.8 cm³/mol. The maximum atomic E-state index is 11.2. The third-order valence-electron chi connectivity index (χ3n) is 2.45. The number of carboxylic acid groups (broad SMARTS) is 1. The van der Waals surface area contributed by atoms with Crippen LogP contribution in [0.1, 0.15) is 17.4 Å². The summed E-state index contributed by atoms with van der Waals surface area (Å²) in [6.45, 7) is 0.173. The first kappa shape index (κ1) is 12.3. The molecule has 0 amide bonds. The lowest BCUT2D eigenvalue weighted by atomic mass is 10.1. The first-order chi connectivity index (χ1) is 8.77. The van der Waals surface area contributed by atoms with Crippen LogP contribution in [-0.4, -0.2) is 16.1 Å². The third kappa shape index (κ3) is 3.15. The Morgan fingerprint density at radius 2 is 1.89 bits per heavy atom. The van der Waals surface area contributed by atoms with Crippen LogP contribution in [0.15, 0.2) is 54.7 Å². The number of benzene rings is 1. The summed E-state index contributed by atoms with van der Waals surface area (Å²) in [4.78, 5) is 15.3. The molecule has 0 saturated carbocycles. The fourth-order valence-electron chi connectivity index (χ4n) is 1.59. The standard InChI is InChI=1S/C14H13NO3/c16-14(17)13(11-6-2-1-3-7-11)18-10-12-8-4-5-9-15-12/h1-9,13H,10H2,(H,16,17). The highest BCUT2D eigenvalue weighted by atomic mass is 16.5. The number of carbonyl (C=O) groups is 1. The van der Waals surface area contributed by atoms with Crippen LogP contribution in [0.3, 0.4) is 0 Å². The molecule has 0 saturated heterocycles. The zero-order valence-corrected chi connectivity index (χ0v) is 9.69. The van der Waals surface area contributed by atoms with E-state index in [2.05, 4.69) is 4.98 Å². The van der Waals surface area contributed by atoms with Gasteiger partial charge in [0.25, 0.3) is 0 Å². The summed E-state index contributed by atoms with van der Waals surface area (Å²) in [5.41, 5.74) is 1.33. The Hall–Kier alpha value is -2.20. The Kier molecular flexibility index (Phi) is 4.04. The van der Waals surface area contributed by atoms with E-state index in [-0.39, 0.29) is 6.61 Å². The Morgan fingerprint density at radius 3 is 2.50 bits per heavy atom. The number of nitrogens with zero attached hydrogens (tertiary/aromatic N) is 1. The number of hydrogen-bond acceptors (Lipinski definition) is 3. The van der Waals surface area contributed by atoms with E-state index in [0.29, 0.717) is 11.3 Å². The molecule has 0 aliphatic rings. The molecule has 1 N–H and O–H groups in total. The van der Waals surface area contributed by atoms with Crippen LogP contribution in [0.2, 0.25) is 0 Å². The molecule has 0 aliphatic heterocycles. The molecule has 1 aromatic heterocycles. The molecule has 1 unspecified atom stereocenters. The molecule has 4 heteroatoms. The van der Waals surface area contributed by atoms with Crippen molar-refractivity contribution in [3.05, 3.63) is 66.0 Å². The second-order valence-corrected chi connectivity index (χ2v) is 3.76. The van der Waals surface area contributed by atoms with E-state index in [1.54, 1.807) is 42.6 Å². The van der Waals surface area contributed by atoms with Crippen LogP contribution in [-0.2, 0) is 16.1 Å². The SMILES string of the molecule is O=C(O)C(OCc1ccccn1)c1ccccc1. The van der Waals surface area contributed by atoms with Gasteiger partial charge in [0.15, 0.2) is 6.10 Å². The Balaban J connectivity index is 2.06. The first-order valence-electron chi connectivity index (χ1n) is 5.56. The lowest BCUT2D eigenvalue weighted by molar-refractivity contribution is -0.151. The Labute approximate surface area is 105 Å². The fraction of sp³-hybridized carbons (Fsp3) is 0.143. The van der Waals surface area contributed by atoms with Crippen molar-refractivity contribution in [3.8, 4) is 0 Å². The summed E-state index contributed by atoms with van der Waals surface area (Å²) >= 11 is 0. The number of hydrogen-bond donors (Lipinski definition) is 1. The molecule has 1 heterocycles. The van der Waals surface area contributed by atoms with Gasteiger partial charge in [-0.3, -0.25) is 4.98 Å². The van der Waals surface area contributed by atoms with E-state index >= 15 is 0 Å². The highest BCUT2D eigenvalue weighted by molar-refractivity contribution is 5.74. The van der Waals surface area contributed by atoms with Crippen molar-refractivity contribution in [1.82, 2.24) is 4.98 Å². The molecule has 4 nitrogen and oxygen atoms in total. The minimum Gasteiger partial charge on any atom is -0.479 e. The highest BCUT2D eigenvalue weighted by Crippen LogP contribution is 2.18. The molecule has 0 spiro atoms. The van der Waals surface area contributed by atoms with Gasteiger partial charge in [-0.1, -0.05) is 36.4 Å². The maximum absolute atomic E-state index is 11.2. The normalized spacial score (nSPS) is 12.0. The smallest absolute Gasteiger partial charge is 0.337 e. The Bertz CT molecular complexity index is 499. The van der Waals surface area contributed by atoms with Crippen LogP contribution in [0.4, 0.5) is 0 Å². The van der Waals surface area contributed by atoms with E-state index in [4.69, 9.17) is 9.84 Å². The first-order valence-corrected chi connectivity index (χ1v) is 5.56. The van der Waals surface area contributed by atoms with Crippen LogP contribution in [0.25, 0.3) is 0 Å². The van der Waals surface area contributed by atoms with E-state index in [1.165, 1.54) is 0 Å². The minimum absolute atomic E-state index is 0.173. The lowest BCUT2D eigenvalue weighted by Gasteiger charge is -2.13. The summed E-state index contributed by atoms with van der Waals surface area (Å²) in [5, 5.41) is 9.16. The zero-order chi connectivity index (χ0) is 12.8. The van der Waals surface area contributed by atoms with E-state index in [9.17, 15) is 4.79 Å². The molecular formula is C14H13NO3. The monoisotopic (exact) mass is 243 g/mol. The van der Waals surface area contributed by atoms with Gasteiger partial charge >= 0.3 is 5.97 Å². The number of pyridine rings is 1. The lowest BCUT2D eigenvalue weighted by Crippen LogP contribution is -2.15. The number of aliphatic carboxylic acids is 1. The zero-order valence-electron chi connectivity index (χ0n) is 9.69. The summed E-state index contributed by atoms with van der Waals surface area (Å²) < 4.78 is 5.41. The molecule has 2 aromatic rings. The van der Waals surface area contributed by atoms with Gasteiger partial charge in [-0.2, -0.15) is 0 Å². The van der Waals surface area contributed by atoms with Gasteiger partial charge in [-0.25, -0.2) is 4.79 Å². The molecular weight excluding hydrogens is 230 g/mol. The average molecular weight is 243 g/mol. The molecule has 0 bridgehead atoms. The quantitative estimate of drug-likeness (QED) is 0.876. The second kappa shape index (κ2) is 5.93. The predicted octanol–water partition coefficient (Wildman–Crippen LogP) is 2.42. The maximum Gasteiger partial charge on any atom is 0.337 e. The topological polar surface area (TPSA) is 59.4 Å². The molecule has 0 aliphatic carbocycles. The average Bonchev–Trinajstić information content (AvgIpc) is 2.41. The van der Waals surface area contributed by atoms with Gasteiger partial charge in [0.2, 0.25) is 0 Å². The van der Waals surface area contributed by atoms with E-state index < -0.39 is 12.1 Å². The van der Waals surface area contributed by atoms with Crippen molar-refractivity contribution in [1.29, 1.82) is 0 Å². The molecule has 2 rings (SSSR count).